The first kappa shape index (κ1) is 17.8. The van der Waals surface area contributed by atoms with Gasteiger partial charge in [-0.3, -0.25) is 0 Å². The fourth-order valence-corrected chi connectivity index (χ4v) is 3.66. The molecule has 0 N–H and O–H groups in total. The van der Waals surface area contributed by atoms with Gasteiger partial charge in [-0.2, -0.15) is 10.1 Å². The van der Waals surface area contributed by atoms with E-state index < -0.39 is 0 Å². The highest BCUT2D eigenvalue weighted by Gasteiger charge is 2.23. The molecular formula is C19H26N6O2. The Balaban J connectivity index is 1.54. The quantitative estimate of drug-likeness (QED) is 0.796. The van der Waals surface area contributed by atoms with Gasteiger partial charge in [-0.05, 0) is 36.7 Å². The molecule has 0 unspecified atom stereocenters. The van der Waals surface area contributed by atoms with Crippen LogP contribution in [-0.2, 0) is 13.0 Å². The lowest BCUT2D eigenvalue weighted by Gasteiger charge is -2.33. The van der Waals surface area contributed by atoms with E-state index >= 15 is 0 Å². The Morgan fingerprint density at radius 2 is 1.59 bits per heavy atom. The standard InChI is InChI=1S/C19H26N6O2/c1-23-6-8-24(9-7-23)19-21-18(12-20-22-19)25-5-4-14-10-16(26-2)17(27-3)11-15(14)13-25/h10-12H,4-9,13H2,1-3H3. The first-order valence-corrected chi connectivity index (χ1v) is 9.30. The van der Waals surface area contributed by atoms with E-state index in [0.29, 0.717) is 0 Å². The van der Waals surface area contributed by atoms with Gasteiger partial charge >= 0.3 is 0 Å². The molecule has 27 heavy (non-hydrogen) atoms. The average Bonchev–Trinajstić information content (AvgIpc) is 2.73. The van der Waals surface area contributed by atoms with Crippen LogP contribution < -0.4 is 19.3 Å². The van der Waals surface area contributed by atoms with Crippen LogP contribution in [0.5, 0.6) is 11.5 Å². The Kier molecular flexibility index (Phi) is 4.98. The van der Waals surface area contributed by atoms with Crippen molar-refractivity contribution in [3.63, 3.8) is 0 Å². The predicted octanol–water partition coefficient (Wildman–Crippen LogP) is 1.20. The summed E-state index contributed by atoms with van der Waals surface area (Å²) in [5, 5.41) is 8.48. The van der Waals surface area contributed by atoms with Gasteiger partial charge in [-0.15, -0.1) is 5.10 Å². The van der Waals surface area contributed by atoms with Gasteiger partial charge in [0.05, 0.1) is 20.4 Å². The minimum atomic E-state index is 0.721. The molecule has 8 nitrogen and oxygen atoms in total. The van der Waals surface area contributed by atoms with Crippen molar-refractivity contribution in [3.05, 3.63) is 29.5 Å². The van der Waals surface area contributed by atoms with E-state index in [9.17, 15) is 0 Å². The maximum Gasteiger partial charge on any atom is 0.247 e. The summed E-state index contributed by atoms with van der Waals surface area (Å²) in [4.78, 5) is 11.6. The van der Waals surface area contributed by atoms with Crippen LogP contribution in [0.15, 0.2) is 18.3 Å². The van der Waals surface area contributed by atoms with Crippen LogP contribution in [-0.4, -0.2) is 74.1 Å². The van der Waals surface area contributed by atoms with E-state index in [2.05, 4.69) is 44.1 Å². The number of likely N-dealkylation sites (N-methyl/N-ethyl adjacent to an activating group) is 1. The maximum atomic E-state index is 5.46. The summed E-state index contributed by atoms with van der Waals surface area (Å²) < 4.78 is 10.9. The maximum absolute atomic E-state index is 5.46. The molecule has 0 spiro atoms. The van der Waals surface area contributed by atoms with Gasteiger partial charge < -0.3 is 24.2 Å². The smallest absolute Gasteiger partial charge is 0.247 e. The van der Waals surface area contributed by atoms with Gasteiger partial charge in [-0.25, -0.2) is 0 Å². The molecule has 4 rings (SSSR count). The average molecular weight is 370 g/mol. The lowest BCUT2D eigenvalue weighted by atomic mass is 9.99. The fraction of sp³-hybridized carbons (Fsp3) is 0.526. The lowest BCUT2D eigenvalue weighted by molar-refractivity contribution is 0.311. The highest BCUT2D eigenvalue weighted by atomic mass is 16.5. The number of hydrogen-bond acceptors (Lipinski definition) is 8. The number of fused-ring (bicyclic) bond motifs is 1. The molecule has 0 atom stereocenters. The molecule has 144 valence electrons. The molecule has 0 aliphatic carbocycles. The Hall–Kier alpha value is -2.61. The van der Waals surface area contributed by atoms with Crippen LogP contribution in [0.3, 0.4) is 0 Å². The lowest BCUT2D eigenvalue weighted by Crippen LogP contribution is -2.45. The summed E-state index contributed by atoms with van der Waals surface area (Å²) in [6, 6.07) is 4.15. The zero-order valence-corrected chi connectivity index (χ0v) is 16.2. The number of methoxy groups -OCH3 is 2. The van der Waals surface area contributed by atoms with Crippen LogP contribution >= 0.6 is 0 Å². The van der Waals surface area contributed by atoms with Crippen LogP contribution in [0.1, 0.15) is 11.1 Å². The number of ether oxygens (including phenoxy) is 2. The van der Waals surface area contributed by atoms with Crippen molar-refractivity contribution in [3.8, 4) is 11.5 Å². The molecular weight excluding hydrogens is 344 g/mol. The van der Waals surface area contributed by atoms with Crippen LogP contribution in [0, 0.1) is 0 Å². The number of anilines is 2. The van der Waals surface area contributed by atoms with Gasteiger partial charge in [0.25, 0.3) is 0 Å². The van der Waals surface area contributed by atoms with Gasteiger partial charge in [0.15, 0.2) is 17.3 Å². The number of aromatic nitrogens is 3. The molecule has 1 aromatic carbocycles. The molecule has 0 radical (unpaired) electrons. The third-order valence-electron chi connectivity index (χ3n) is 5.36. The second-order valence-corrected chi connectivity index (χ2v) is 7.05. The molecule has 1 aromatic heterocycles. The molecule has 8 heteroatoms. The van der Waals surface area contributed by atoms with Crippen molar-refractivity contribution in [1.29, 1.82) is 0 Å². The first-order chi connectivity index (χ1) is 13.2. The SMILES string of the molecule is COc1cc2c(cc1OC)CN(c1cnnc(N3CCN(C)CC3)n1)CC2. The third kappa shape index (κ3) is 3.62. The predicted molar refractivity (Wildman–Crippen MR) is 104 cm³/mol. The van der Waals surface area contributed by atoms with Gasteiger partial charge in [0.1, 0.15) is 0 Å². The summed E-state index contributed by atoms with van der Waals surface area (Å²) in [7, 11) is 5.48. The van der Waals surface area contributed by atoms with Crippen molar-refractivity contribution in [1.82, 2.24) is 20.1 Å². The molecule has 0 bridgehead atoms. The number of nitrogens with zero attached hydrogens (tertiary/aromatic N) is 6. The summed E-state index contributed by atoms with van der Waals surface area (Å²) >= 11 is 0. The van der Waals surface area contributed by atoms with Gasteiger partial charge in [0, 0.05) is 39.3 Å². The van der Waals surface area contributed by atoms with Crippen LogP contribution in [0.4, 0.5) is 11.8 Å². The van der Waals surface area contributed by atoms with Crippen molar-refractivity contribution in [2.45, 2.75) is 13.0 Å². The zero-order valence-electron chi connectivity index (χ0n) is 16.2. The summed E-state index contributed by atoms with van der Waals surface area (Å²) in [6.45, 7) is 5.57. The normalized spacial score (nSPS) is 17.6. The Morgan fingerprint density at radius 3 is 2.30 bits per heavy atom. The molecule has 1 fully saturated rings. The Bertz CT molecular complexity index is 807. The molecule has 3 heterocycles. The summed E-state index contributed by atoms with van der Waals surface area (Å²) in [5.41, 5.74) is 2.53. The fourth-order valence-electron chi connectivity index (χ4n) is 3.66. The second-order valence-electron chi connectivity index (χ2n) is 7.05. The molecule has 0 saturated carbocycles. The van der Waals surface area contributed by atoms with Crippen molar-refractivity contribution in [2.24, 2.45) is 0 Å². The topological polar surface area (TPSA) is 66.9 Å². The first-order valence-electron chi connectivity index (χ1n) is 9.30. The minimum Gasteiger partial charge on any atom is -0.493 e. The molecule has 2 aliphatic rings. The largest absolute Gasteiger partial charge is 0.493 e. The Morgan fingerprint density at radius 1 is 0.889 bits per heavy atom. The highest BCUT2D eigenvalue weighted by Crippen LogP contribution is 2.34. The van der Waals surface area contributed by atoms with E-state index in [-0.39, 0.29) is 0 Å². The number of piperazine rings is 1. The van der Waals surface area contributed by atoms with Gasteiger partial charge in [-0.1, -0.05) is 0 Å². The third-order valence-corrected chi connectivity index (χ3v) is 5.36. The number of hydrogen-bond donors (Lipinski definition) is 0. The Labute approximate surface area is 159 Å². The van der Waals surface area contributed by atoms with Gasteiger partial charge in [0.2, 0.25) is 5.95 Å². The van der Waals surface area contributed by atoms with E-state index in [1.165, 1.54) is 11.1 Å². The summed E-state index contributed by atoms with van der Waals surface area (Å²) in [5.74, 6) is 3.14. The number of benzene rings is 1. The van der Waals surface area contributed by atoms with Crippen LogP contribution in [0.2, 0.25) is 0 Å². The second kappa shape index (κ2) is 7.56. The molecule has 2 aliphatic heterocycles. The van der Waals surface area contributed by atoms with Crippen molar-refractivity contribution >= 4 is 11.8 Å². The summed E-state index contributed by atoms with van der Waals surface area (Å²) in [6.07, 6.45) is 2.69. The van der Waals surface area contributed by atoms with E-state index in [1.807, 2.05) is 0 Å². The number of rotatable bonds is 4. The molecule has 2 aromatic rings. The minimum absolute atomic E-state index is 0.721. The van der Waals surface area contributed by atoms with Crippen LogP contribution in [0.25, 0.3) is 0 Å². The van der Waals surface area contributed by atoms with Crippen molar-refractivity contribution < 1.29 is 9.47 Å². The monoisotopic (exact) mass is 370 g/mol. The van der Waals surface area contributed by atoms with E-state index in [1.54, 1.807) is 20.4 Å². The molecule has 0 amide bonds. The van der Waals surface area contributed by atoms with Crippen molar-refractivity contribution in [2.75, 3.05) is 63.8 Å². The van der Waals surface area contributed by atoms with E-state index in [4.69, 9.17) is 14.5 Å². The zero-order chi connectivity index (χ0) is 18.8. The van der Waals surface area contributed by atoms with E-state index in [0.717, 1.165) is 69.0 Å². The highest BCUT2D eigenvalue weighted by molar-refractivity contribution is 5.52. The molecule has 1 saturated heterocycles.